The Bertz CT molecular complexity index is 762. The third-order valence-corrected chi connectivity index (χ3v) is 4.71. The highest BCUT2D eigenvalue weighted by molar-refractivity contribution is 5.90. The van der Waals surface area contributed by atoms with Gasteiger partial charge in [0.1, 0.15) is 12.2 Å². The molecule has 0 spiro atoms. The number of carbonyl (C=O) groups is 2. The van der Waals surface area contributed by atoms with Gasteiger partial charge in [0.2, 0.25) is 0 Å². The zero-order valence-corrected chi connectivity index (χ0v) is 17.2. The Hall–Kier alpha value is -2.62. The number of esters is 2. The van der Waals surface area contributed by atoms with E-state index in [2.05, 4.69) is 0 Å². The highest BCUT2D eigenvalue weighted by atomic mass is 16.6. The predicted molar refractivity (Wildman–Crippen MR) is 111 cm³/mol. The normalized spacial score (nSPS) is 12.9. The molecule has 2 unspecified atom stereocenters. The van der Waals surface area contributed by atoms with Crippen molar-refractivity contribution in [1.82, 2.24) is 0 Å². The number of rotatable bonds is 9. The first kappa shape index (κ1) is 21.7. The van der Waals surface area contributed by atoms with Gasteiger partial charge in [0, 0.05) is 6.42 Å². The molecule has 0 saturated carbocycles. The van der Waals surface area contributed by atoms with Crippen LogP contribution >= 0.6 is 0 Å². The second-order valence-electron chi connectivity index (χ2n) is 7.22. The Morgan fingerprint density at radius 3 is 1.57 bits per heavy atom. The van der Waals surface area contributed by atoms with Crippen LogP contribution in [-0.2, 0) is 9.47 Å². The Morgan fingerprint density at radius 1 is 0.750 bits per heavy atom. The molecule has 4 nitrogen and oxygen atoms in total. The summed E-state index contributed by atoms with van der Waals surface area (Å²) in [5.41, 5.74) is 3.26. The van der Waals surface area contributed by atoms with Gasteiger partial charge < -0.3 is 9.47 Å². The number of aryl methyl sites for hydroxylation is 2. The maximum atomic E-state index is 12.5. The van der Waals surface area contributed by atoms with Gasteiger partial charge in [-0.3, -0.25) is 0 Å². The Balaban J connectivity index is 1.99. The average Bonchev–Trinajstić information content (AvgIpc) is 2.68. The van der Waals surface area contributed by atoms with Gasteiger partial charge in [0.25, 0.3) is 0 Å². The van der Waals surface area contributed by atoms with Crippen molar-refractivity contribution < 1.29 is 19.1 Å². The monoisotopic (exact) mass is 382 g/mol. The van der Waals surface area contributed by atoms with Crippen molar-refractivity contribution in [2.75, 3.05) is 0 Å². The van der Waals surface area contributed by atoms with E-state index in [-0.39, 0.29) is 24.1 Å². The molecular weight excluding hydrogens is 352 g/mol. The van der Waals surface area contributed by atoms with E-state index in [0.29, 0.717) is 24.0 Å². The molecule has 2 aromatic carbocycles. The molecule has 0 aliphatic rings. The van der Waals surface area contributed by atoms with Crippen molar-refractivity contribution in [3.8, 4) is 0 Å². The van der Waals surface area contributed by atoms with Crippen molar-refractivity contribution in [3.63, 3.8) is 0 Å². The molecule has 0 fully saturated rings. The van der Waals surface area contributed by atoms with E-state index in [9.17, 15) is 9.59 Å². The number of benzene rings is 2. The fourth-order valence-electron chi connectivity index (χ4n) is 2.96. The number of hydrogen-bond acceptors (Lipinski definition) is 4. The fraction of sp³-hybridized carbons (Fsp3) is 0.417. The Labute approximate surface area is 167 Å². The molecular formula is C24H30O4. The average molecular weight is 383 g/mol. The highest BCUT2D eigenvalue weighted by Gasteiger charge is 2.22. The van der Waals surface area contributed by atoms with Gasteiger partial charge in [-0.25, -0.2) is 9.59 Å². The van der Waals surface area contributed by atoms with Gasteiger partial charge in [-0.1, -0.05) is 55.7 Å². The van der Waals surface area contributed by atoms with Crippen LogP contribution in [0.25, 0.3) is 0 Å². The predicted octanol–water partition coefficient (Wildman–Crippen LogP) is 5.65. The first-order valence-corrected chi connectivity index (χ1v) is 9.98. The largest absolute Gasteiger partial charge is 0.459 e. The summed E-state index contributed by atoms with van der Waals surface area (Å²) in [7, 11) is 0. The smallest absolute Gasteiger partial charge is 0.338 e. The van der Waals surface area contributed by atoms with E-state index in [1.165, 1.54) is 0 Å². The second-order valence-corrected chi connectivity index (χ2v) is 7.22. The molecule has 0 N–H and O–H groups in total. The van der Waals surface area contributed by atoms with Crippen LogP contribution < -0.4 is 0 Å². The van der Waals surface area contributed by atoms with Crippen LogP contribution in [0.1, 0.15) is 71.4 Å². The van der Waals surface area contributed by atoms with Gasteiger partial charge in [-0.05, 0) is 51.0 Å². The first-order chi connectivity index (χ1) is 13.4. The van der Waals surface area contributed by atoms with Crippen LogP contribution in [0.15, 0.2) is 48.5 Å². The SMILES string of the molecule is CCCC(CC(CC)OC(=O)c1ccc(C)cc1)OC(=O)c1ccc(C)cc1. The Morgan fingerprint density at radius 2 is 1.18 bits per heavy atom. The Kier molecular flexibility index (Phi) is 8.24. The molecule has 2 atom stereocenters. The van der Waals surface area contributed by atoms with Crippen LogP contribution in [0.2, 0.25) is 0 Å². The molecule has 0 radical (unpaired) electrons. The molecule has 0 aromatic heterocycles. The van der Waals surface area contributed by atoms with Crippen molar-refractivity contribution in [2.45, 2.75) is 65.6 Å². The third-order valence-electron chi connectivity index (χ3n) is 4.71. The molecule has 150 valence electrons. The molecule has 0 aliphatic carbocycles. The van der Waals surface area contributed by atoms with Crippen molar-refractivity contribution in [2.24, 2.45) is 0 Å². The first-order valence-electron chi connectivity index (χ1n) is 9.98. The van der Waals surface area contributed by atoms with Crippen molar-refractivity contribution in [1.29, 1.82) is 0 Å². The van der Waals surface area contributed by atoms with Crippen LogP contribution in [0, 0.1) is 13.8 Å². The lowest BCUT2D eigenvalue weighted by molar-refractivity contribution is -0.00301. The summed E-state index contributed by atoms with van der Waals surface area (Å²) in [5.74, 6) is -0.676. The quantitative estimate of drug-likeness (QED) is 0.526. The molecule has 2 rings (SSSR count). The van der Waals surface area contributed by atoms with E-state index < -0.39 is 0 Å². The van der Waals surface area contributed by atoms with Gasteiger partial charge >= 0.3 is 11.9 Å². The maximum absolute atomic E-state index is 12.5. The van der Waals surface area contributed by atoms with Gasteiger partial charge in [0.15, 0.2) is 0 Å². The maximum Gasteiger partial charge on any atom is 0.338 e. The zero-order chi connectivity index (χ0) is 20.5. The summed E-state index contributed by atoms with van der Waals surface area (Å²) in [4.78, 5) is 24.9. The fourth-order valence-corrected chi connectivity index (χ4v) is 2.96. The zero-order valence-electron chi connectivity index (χ0n) is 17.2. The van der Waals surface area contributed by atoms with Gasteiger partial charge in [-0.2, -0.15) is 0 Å². The van der Waals surface area contributed by atoms with Crippen molar-refractivity contribution in [3.05, 3.63) is 70.8 Å². The van der Waals surface area contributed by atoms with Gasteiger partial charge in [0.05, 0.1) is 11.1 Å². The molecule has 0 saturated heterocycles. The number of hydrogen-bond donors (Lipinski definition) is 0. The second kappa shape index (κ2) is 10.6. The minimum atomic E-state index is -0.341. The van der Waals surface area contributed by atoms with E-state index in [1.54, 1.807) is 24.3 Å². The molecule has 0 aliphatic heterocycles. The highest BCUT2D eigenvalue weighted by Crippen LogP contribution is 2.18. The molecule has 0 bridgehead atoms. The van der Waals surface area contributed by atoms with Crippen LogP contribution in [0.5, 0.6) is 0 Å². The van der Waals surface area contributed by atoms with Crippen molar-refractivity contribution >= 4 is 11.9 Å². The number of carbonyl (C=O) groups excluding carboxylic acids is 2. The molecule has 0 heterocycles. The summed E-state index contributed by atoms with van der Waals surface area (Å²) < 4.78 is 11.4. The minimum Gasteiger partial charge on any atom is -0.459 e. The van der Waals surface area contributed by atoms with Crippen LogP contribution in [0.4, 0.5) is 0 Å². The van der Waals surface area contributed by atoms with E-state index in [1.807, 2.05) is 52.0 Å². The lowest BCUT2D eigenvalue weighted by Gasteiger charge is -2.23. The summed E-state index contributed by atoms with van der Waals surface area (Å²) in [6, 6.07) is 14.6. The summed E-state index contributed by atoms with van der Waals surface area (Å²) in [6.45, 7) is 7.97. The van der Waals surface area contributed by atoms with Crippen LogP contribution in [-0.4, -0.2) is 24.1 Å². The minimum absolute atomic E-state index is 0.283. The molecule has 2 aromatic rings. The molecule has 0 amide bonds. The van der Waals surface area contributed by atoms with E-state index in [0.717, 1.165) is 24.0 Å². The third kappa shape index (κ3) is 6.52. The summed E-state index contributed by atoms with van der Waals surface area (Å²) >= 11 is 0. The van der Waals surface area contributed by atoms with Gasteiger partial charge in [-0.15, -0.1) is 0 Å². The molecule has 4 heteroatoms. The number of ether oxygens (including phenoxy) is 2. The van der Waals surface area contributed by atoms with Crippen LogP contribution in [0.3, 0.4) is 0 Å². The lowest BCUT2D eigenvalue weighted by atomic mass is 10.0. The van der Waals surface area contributed by atoms with E-state index in [4.69, 9.17) is 9.47 Å². The lowest BCUT2D eigenvalue weighted by Crippen LogP contribution is -2.27. The standard InChI is InChI=1S/C24H30O4/c1-5-7-22(28-24(26)20-14-10-18(4)11-15-20)16-21(6-2)27-23(25)19-12-8-17(3)9-13-19/h8-15,21-22H,5-7,16H2,1-4H3. The molecule has 28 heavy (non-hydrogen) atoms. The topological polar surface area (TPSA) is 52.6 Å². The summed E-state index contributed by atoms with van der Waals surface area (Å²) in [5, 5.41) is 0. The summed E-state index contributed by atoms with van der Waals surface area (Å²) in [6.07, 6.45) is 2.20. The van der Waals surface area contributed by atoms with E-state index >= 15 is 0 Å².